The van der Waals surface area contributed by atoms with Crippen molar-refractivity contribution in [2.24, 2.45) is 7.05 Å². The number of aryl methyl sites for hydroxylation is 3. The van der Waals surface area contributed by atoms with Crippen LogP contribution in [0.1, 0.15) is 43.0 Å². The SMILES string of the molecule is Cc1ccc(-c2c(C)ccc3c2oc2c(C#N)c(-c4ccc(-c5ccc(C(C)(C)C)cc5)cc4)ccc23)[n+](C)c1. The molecule has 0 amide bonds. The Morgan fingerprint density at radius 3 is 1.93 bits per heavy atom. The summed E-state index contributed by atoms with van der Waals surface area (Å²) in [6, 6.07) is 32.3. The van der Waals surface area contributed by atoms with Crippen LogP contribution < -0.4 is 4.57 Å². The van der Waals surface area contributed by atoms with E-state index in [1.807, 2.05) is 6.07 Å². The zero-order valence-corrected chi connectivity index (χ0v) is 24.0. The van der Waals surface area contributed by atoms with Gasteiger partial charge in [0.2, 0.25) is 5.69 Å². The number of fused-ring (bicyclic) bond motifs is 3. The van der Waals surface area contributed by atoms with Crippen LogP contribution >= 0.6 is 0 Å². The maximum absolute atomic E-state index is 10.3. The fourth-order valence-electron chi connectivity index (χ4n) is 5.68. The van der Waals surface area contributed by atoms with Crippen molar-refractivity contribution in [3.8, 4) is 39.6 Å². The highest BCUT2D eigenvalue weighted by molar-refractivity contribution is 6.12. The minimum atomic E-state index is 0.128. The molecule has 6 rings (SSSR count). The van der Waals surface area contributed by atoms with Gasteiger partial charge in [-0.05, 0) is 59.2 Å². The van der Waals surface area contributed by atoms with E-state index in [9.17, 15) is 5.26 Å². The molecule has 0 unspecified atom stereocenters. The van der Waals surface area contributed by atoms with Gasteiger partial charge in [-0.3, -0.25) is 0 Å². The van der Waals surface area contributed by atoms with E-state index in [1.165, 1.54) is 16.7 Å². The Bertz CT molecular complexity index is 1940. The second kappa shape index (κ2) is 9.50. The molecule has 0 saturated heterocycles. The Morgan fingerprint density at radius 2 is 1.30 bits per heavy atom. The molecule has 2 aromatic heterocycles. The van der Waals surface area contributed by atoms with Crippen LogP contribution in [0.25, 0.3) is 55.4 Å². The van der Waals surface area contributed by atoms with Crippen molar-refractivity contribution >= 4 is 21.9 Å². The van der Waals surface area contributed by atoms with E-state index in [0.717, 1.165) is 49.9 Å². The number of nitriles is 1. The highest BCUT2D eigenvalue weighted by atomic mass is 16.3. The lowest BCUT2D eigenvalue weighted by atomic mass is 9.86. The number of hydrogen-bond donors (Lipinski definition) is 0. The molecule has 0 aliphatic heterocycles. The minimum absolute atomic E-state index is 0.128. The van der Waals surface area contributed by atoms with Crippen LogP contribution in [0.3, 0.4) is 0 Å². The largest absolute Gasteiger partial charge is 0.454 e. The molecule has 0 radical (unpaired) electrons. The first-order valence-electron chi connectivity index (χ1n) is 13.7. The lowest BCUT2D eigenvalue weighted by Gasteiger charge is -2.19. The quantitative estimate of drug-likeness (QED) is 0.218. The topological polar surface area (TPSA) is 40.8 Å². The van der Waals surface area contributed by atoms with E-state index in [4.69, 9.17) is 4.42 Å². The molecular weight excluding hydrogens is 488 g/mol. The summed E-state index contributed by atoms with van der Waals surface area (Å²) in [7, 11) is 2.06. The van der Waals surface area contributed by atoms with Crippen LogP contribution in [0.15, 0.2) is 95.5 Å². The van der Waals surface area contributed by atoms with Crippen LogP contribution in [-0.2, 0) is 12.5 Å². The lowest BCUT2D eigenvalue weighted by molar-refractivity contribution is -0.660. The Kier molecular flexibility index (Phi) is 6.08. The summed E-state index contributed by atoms with van der Waals surface area (Å²) in [5.74, 6) is 0. The van der Waals surface area contributed by atoms with E-state index in [2.05, 4.69) is 137 Å². The van der Waals surface area contributed by atoms with Crippen molar-refractivity contribution in [3.63, 3.8) is 0 Å². The molecule has 0 spiro atoms. The molecule has 0 atom stereocenters. The molecule has 0 N–H and O–H groups in total. The fraction of sp³-hybridized carbons (Fsp3) is 0.189. The smallest absolute Gasteiger partial charge is 0.216 e. The molecule has 0 bridgehead atoms. The van der Waals surface area contributed by atoms with Gasteiger partial charge in [-0.25, -0.2) is 4.57 Å². The van der Waals surface area contributed by atoms with E-state index in [1.54, 1.807) is 0 Å². The molecule has 2 heterocycles. The highest BCUT2D eigenvalue weighted by Crippen LogP contribution is 2.40. The third-order valence-corrected chi connectivity index (χ3v) is 7.95. The molecule has 3 nitrogen and oxygen atoms in total. The van der Waals surface area contributed by atoms with Gasteiger partial charge < -0.3 is 4.42 Å². The Hall–Kier alpha value is -4.68. The van der Waals surface area contributed by atoms with Gasteiger partial charge in [0.05, 0.1) is 5.56 Å². The average molecular weight is 522 g/mol. The summed E-state index contributed by atoms with van der Waals surface area (Å²) in [6.45, 7) is 10.9. The molecule has 0 aliphatic rings. The van der Waals surface area contributed by atoms with Gasteiger partial charge in [-0.1, -0.05) is 87.5 Å². The summed E-state index contributed by atoms with van der Waals surface area (Å²) in [5.41, 5.74) is 12.1. The fourth-order valence-corrected chi connectivity index (χ4v) is 5.68. The van der Waals surface area contributed by atoms with E-state index in [-0.39, 0.29) is 5.41 Å². The van der Waals surface area contributed by atoms with Gasteiger partial charge in [0.25, 0.3) is 0 Å². The Morgan fingerprint density at radius 1 is 0.700 bits per heavy atom. The first kappa shape index (κ1) is 25.6. The molecule has 3 heteroatoms. The molecule has 4 aromatic carbocycles. The van der Waals surface area contributed by atoms with Crippen molar-refractivity contribution < 1.29 is 8.98 Å². The second-order valence-electron chi connectivity index (χ2n) is 11.8. The van der Waals surface area contributed by atoms with Gasteiger partial charge in [0.1, 0.15) is 24.3 Å². The standard InChI is InChI=1S/C37H33N2O/c1-23-7-20-33(39(6)22-23)34-24(2)8-17-31-30-19-18-29(32(21-38)35(30)40-36(31)34)27-11-9-25(10-12-27)26-13-15-28(16-14-26)37(3,4)5/h7-20,22H,1-6H3/q+1. The number of hydrogen-bond acceptors (Lipinski definition) is 2. The van der Waals surface area contributed by atoms with Crippen molar-refractivity contribution in [3.05, 3.63) is 113 Å². The predicted octanol–water partition coefficient (Wildman–Crippen LogP) is 9.20. The summed E-state index contributed by atoms with van der Waals surface area (Å²) >= 11 is 0. The van der Waals surface area contributed by atoms with Crippen molar-refractivity contribution in [2.75, 3.05) is 0 Å². The van der Waals surface area contributed by atoms with Crippen LogP contribution in [0.4, 0.5) is 0 Å². The van der Waals surface area contributed by atoms with E-state index in [0.29, 0.717) is 11.1 Å². The third kappa shape index (κ3) is 4.27. The second-order valence-corrected chi connectivity index (χ2v) is 11.8. The van der Waals surface area contributed by atoms with Gasteiger partial charge in [0.15, 0.2) is 11.8 Å². The van der Waals surface area contributed by atoms with Crippen LogP contribution in [0.2, 0.25) is 0 Å². The summed E-state index contributed by atoms with van der Waals surface area (Å²) < 4.78 is 8.72. The van der Waals surface area contributed by atoms with Crippen molar-refractivity contribution in [1.29, 1.82) is 5.26 Å². The third-order valence-electron chi connectivity index (χ3n) is 7.95. The van der Waals surface area contributed by atoms with Gasteiger partial charge in [-0.2, -0.15) is 5.26 Å². The molecular formula is C37H33N2O+. The first-order chi connectivity index (χ1) is 19.2. The molecule has 196 valence electrons. The maximum atomic E-state index is 10.3. The molecule has 0 saturated carbocycles. The summed E-state index contributed by atoms with van der Waals surface area (Å²) in [4.78, 5) is 0. The molecule has 40 heavy (non-hydrogen) atoms. The molecule has 0 aliphatic carbocycles. The number of pyridine rings is 1. The number of rotatable bonds is 3. The zero-order chi connectivity index (χ0) is 28.2. The monoisotopic (exact) mass is 521 g/mol. The number of nitrogens with zero attached hydrogens (tertiary/aromatic N) is 2. The lowest BCUT2D eigenvalue weighted by Crippen LogP contribution is -2.31. The van der Waals surface area contributed by atoms with Crippen molar-refractivity contribution in [1.82, 2.24) is 0 Å². The summed E-state index contributed by atoms with van der Waals surface area (Å²) in [6.07, 6.45) is 2.12. The number of aromatic nitrogens is 1. The van der Waals surface area contributed by atoms with Gasteiger partial charge in [0, 0.05) is 28.0 Å². The van der Waals surface area contributed by atoms with Crippen molar-refractivity contribution in [2.45, 2.75) is 40.0 Å². The summed E-state index contributed by atoms with van der Waals surface area (Å²) in [5, 5.41) is 12.3. The highest BCUT2D eigenvalue weighted by Gasteiger charge is 2.23. The maximum Gasteiger partial charge on any atom is 0.216 e. The molecule has 6 aromatic rings. The normalized spacial score (nSPS) is 11.7. The predicted molar refractivity (Wildman–Crippen MR) is 164 cm³/mol. The average Bonchev–Trinajstić information content (AvgIpc) is 3.31. The molecule has 0 fully saturated rings. The van der Waals surface area contributed by atoms with Crippen LogP contribution in [-0.4, -0.2) is 0 Å². The Labute approximate surface area is 236 Å². The van der Waals surface area contributed by atoms with Gasteiger partial charge in [-0.15, -0.1) is 0 Å². The first-order valence-corrected chi connectivity index (χ1v) is 13.7. The van der Waals surface area contributed by atoms with Gasteiger partial charge >= 0.3 is 0 Å². The zero-order valence-electron chi connectivity index (χ0n) is 24.0. The van der Waals surface area contributed by atoms with Crippen LogP contribution in [0, 0.1) is 25.2 Å². The number of furan rings is 1. The Balaban J connectivity index is 1.46. The number of benzene rings is 4. The van der Waals surface area contributed by atoms with E-state index >= 15 is 0 Å². The van der Waals surface area contributed by atoms with Crippen LogP contribution in [0.5, 0.6) is 0 Å². The minimum Gasteiger partial charge on any atom is -0.454 e. The van der Waals surface area contributed by atoms with E-state index < -0.39 is 0 Å².